The van der Waals surface area contributed by atoms with Crippen LogP contribution in [0.25, 0.3) is 5.65 Å². The van der Waals surface area contributed by atoms with Crippen LogP contribution in [0.4, 0.5) is 14.5 Å². The molecular formula is C21H23ClF2N4O2. The third-order valence-electron chi connectivity index (χ3n) is 5.56. The van der Waals surface area contributed by atoms with Crippen molar-refractivity contribution in [2.75, 3.05) is 31.7 Å². The highest BCUT2D eigenvalue weighted by molar-refractivity contribution is 6.36. The Labute approximate surface area is 178 Å². The van der Waals surface area contributed by atoms with E-state index in [0.717, 1.165) is 11.8 Å². The van der Waals surface area contributed by atoms with Crippen LogP contribution in [0.15, 0.2) is 24.4 Å². The third-order valence-corrected chi connectivity index (χ3v) is 5.92. The molecule has 4 rings (SSSR count). The van der Waals surface area contributed by atoms with Crippen molar-refractivity contribution in [3.05, 3.63) is 52.4 Å². The lowest BCUT2D eigenvalue weighted by Gasteiger charge is -2.34. The average Bonchev–Trinajstić information content (AvgIpc) is 3.18. The van der Waals surface area contributed by atoms with Gasteiger partial charge < -0.3 is 14.4 Å². The van der Waals surface area contributed by atoms with Gasteiger partial charge in [0.2, 0.25) is 0 Å². The standard InChI is InChI=1S/C21H23ClF2N4O2/c1-3-30-12-17-25-26-21-19(22)15(8-11-28(17)21)27-9-6-13(7-10-27)18-16(29-2)5-4-14(23)20(18)24/h4-5,8,11,13H,3,6-7,9-10,12H2,1-2H3. The van der Waals surface area contributed by atoms with E-state index in [9.17, 15) is 8.78 Å². The second-order valence-corrected chi connectivity index (χ2v) is 7.58. The number of halogens is 3. The van der Waals surface area contributed by atoms with Crippen LogP contribution in [0.5, 0.6) is 5.75 Å². The predicted molar refractivity (Wildman–Crippen MR) is 110 cm³/mol. The Morgan fingerprint density at radius 1 is 1.17 bits per heavy atom. The first-order chi connectivity index (χ1) is 14.5. The quantitative estimate of drug-likeness (QED) is 0.565. The molecule has 0 bridgehead atoms. The van der Waals surface area contributed by atoms with Crippen LogP contribution < -0.4 is 9.64 Å². The second kappa shape index (κ2) is 8.73. The Balaban J connectivity index is 1.54. The van der Waals surface area contributed by atoms with Crippen molar-refractivity contribution in [1.29, 1.82) is 0 Å². The summed E-state index contributed by atoms with van der Waals surface area (Å²) in [6.07, 6.45) is 3.19. The van der Waals surface area contributed by atoms with Gasteiger partial charge in [0.25, 0.3) is 0 Å². The monoisotopic (exact) mass is 436 g/mol. The van der Waals surface area contributed by atoms with E-state index in [2.05, 4.69) is 15.1 Å². The predicted octanol–water partition coefficient (Wildman–Crippen LogP) is 4.59. The van der Waals surface area contributed by atoms with Gasteiger partial charge in [0.1, 0.15) is 17.4 Å². The number of ether oxygens (including phenoxy) is 2. The topological polar surface area (TPSA) is 51.9 Å². The van der Waals surface area contributed by atoms with Crippen molar-refractivity contribution in [3.8, 4) is 5.75 Å². The number of pyridine rings is 1. The summed E-state index contributed by atoms with van der Waals surface area (Å²) in [6, 6.07) is 4.51. The van der Waals surface area contributed by atoms with Crippen molar-refractivity contribution in [3.63, 3.8) is 0 Å². The minimum Gasteiger partial charge on any atom is -0.496 e. The molecule has 6 nitrogen and oxygen atoms in total. The van der Waals surface area contributed by atoms with Gasteiger partial charge in [-0.2, -0.15) is 0 Å². The van der Waals surface area contributed by atoms with Crippen LogP contribution in [-0.4, -0.2) is 41.4 Å². The molecule has 1 saturated heterocycles. The number of benzene rings is 1. The van der Waals surface area contributed by atoms with Crippen LogP contribution in [0.2, 0.25) is 5.02 Å². The molecule has 0 N–H and O–H groups in total. The molecule has 0 saturated carbocycles. The number of anilines is 1. The number of piperidine rings is 1. The molecule has 3 aromatic rings. The summed E-state index contributed by atoms with van der Waals surface area (Å²) in [4.78, 5) is 2.14. The first-order valence-corrected chi connectivity index (χ1v) is 10.3. The molecule has 1 fully saturated rings. The van der Waals surface area contributed by atoms with Gasteiger partial charge in [-0.3, -0.25) is 4.40 Å². The second-order valence-electron chi connectivity index (χ2n) is 7.20. The van der Waals surface area contributed by atoms with Gasteiger partial charge in [0, 0.05) is 31.5 Å². The van der Waals surface area contributed by atoms with Gasteiger partial charge >= 0.3 is 0 Å². The molecule has 3 heterocycles. The molecule has 160 valence electrons. The summed E-state index contributed by atoms with van der Waals surface area (Å²) in [6.45, 7) is 4.18. The zero-order chi connectivity index (χ0) is 21.3. The molecule has 30 heavy (non-hydrogen) atoms. The Kier molecular flexibility index (Phi) is 6.06. The molecule has 1 aliphatic heterocycles. The van der Waals surface area contributed by atoms with Crippen LogP contribution in [0, 0.1) is 11.6 Å². The Morgan fingerprint density at radius 2 is 1.93 bits per heavy atom. The molecule has 1 aliphatic rings. The van der Waals surface area contributed by atoms with E-state index in [1.165, 1.54) is 13.2 Å². The lowest BCUT2D eigenvalue weighted by atomic mass is 9.88. The van der Waals surface area contributed by atoms with E-state index >= 15 is 0 Å². The van der Waals surface area contributed by atoms with Crippen molar-refractivity contribution in [2.45, 2.75) is 32.3 Å². The third kappa shape index (κ3) is 3.70. The van der Waals surface area contributed by atoms with Crippen molar-refractivity contribution in [2.24, 2.45) is 0 Å². The highest BCUT2D eigenvalue weighted by Crippen LogP contribution is 2.39. The minimum atomic E-state index is -0.851. The molecule has 0 amide bonds. The molecule has 0 unspecified atom stereocenters. The first-order valence-electron chi connectivity index (χ1n) is 9.91. The highest BCUT2D eigenvalue weighted by Gasteiger charge is 2.28. The number of hydrogen-bond donors (Lipinski definition) is 0. The maximum Gasteiger partial charge on any atom is 0.181 e. The largest absolute Gasteiger partial charge is 0.496 e. The van der Waals surface area contributed by atoms with E-state index in [1.54, 1.807) is 0 Å². The Morgan fingerprint density at radius 3 is 2.63 bits per heavy atom. The van der Waals surface area contributed by atoms with E-state index in [1.807, 2.05) is 23.6 Å². The van der Waals surface area contributed by atoms with Crippen molar-refractivity contribution in [1.82, 2.24) is 14.6 Å². The zero-order valence-electron chi connectivity index (χ0n) is 16.9. The fraction of sp³-hybridized carbons (Fsp3) is 0.429. The first kappa shape index (κ1) is 20.8. The number of methoxy groups -OCH3 is 1. The van der Waals surface area contributed by atoms with Gasteiger partial charge in [-0.1, -0.05) is 11.6 Å². The minimum absolute atomic E-state index is 0.125. The summed E-state index contributed by atoms with van der Waals surface area (Å²) in [5.41, 5.74) is 1.74. The molecule has 2 aromatic heterocycles. The fourth-order valence-corrected chi connectivity index (χ4v) is 4.33. The number of aromatic nitrogens is 3. The van der Waals surface area contributed by atoms with Crippen LogP contribution in [-0.2, 0) is 11.3 Å². The maximum atomic E-state index is 14.5. The fourth-order valence-electron chi connectivity index (χ4n) is 4.01. The zero-order valence-corrected chi connectivity index (χ0v) is 17.6. The van der Waals surface area contributed by atoms with Gasteiger partial charge in [-0.05, 0) is 43.9 Å². The summed E-state index contributed by atoms with van der Waals surface area (Å²) in [5, 5.41) is 8.88. The molecule has 1 aromatic carbocycles. The summed E-state index contributed by atoms with van der Waals surface area (Å²) in [7, 11) is 1.47. The van der Waals surface area contributed by atoms with Gasteiger partial charge in [-0.15, -0.1) is 10.2 Å². The van der Waals surface area contributed by atoms with E-state index in [-0.39, 0.29) is 5.92 Å². The molecule has 0 aliphatic carbocycles. The SMILES string of the molecule is CCOCc1nnc2c(Cl)c(N3CCC(c4c(OC)ccc(F)c4F)CC3)ccn12. The van der Waals surface area contributed by atoms with Crippen LogP contribution >= 0.6 is 11.6 Å². The lowest BCUT2D eigenvalue weighted by Crippen LogP contribution is -2.33. The number of rotatable bonds is 6. The maximum absolute atomic E-state index is 14.5. The van der Waals surface area contributed by atoms with Gasteiger partial charge in [0.05, 0.1) is 12.8 Å². The Bertz CT molecular complexity index is 1050. The van der Waals surface area contributed by atoms with Gasteiger partial charge in [-0.25, -0.2) is 8.78 Å². The number of hydrogen-bond acceptors (Lipinski definition) is 5. The highest BCUT2D eigenvalue weighted by atomic mass is 35.5. The summed E-state index contributed by atoms with van der Waals surface area (Å²) >= 11 is 6.63. The molecule has 9 heteroatoms. The summed E-state index contributed by atoms with van der Waals surface area (Å²) in [5.74, 6) is -0.723. The van der Waals surface area contributed by atoms with Gasteiger partial charge in [0.15, 0.2) is 23.1 Å². The normalized spacial score (nSPS) is 15.2. The number of fused-ring (bicyclic) bond motifs is 1. The number of nitrogens with zero attached hydrogens (tertiary/aromatic N) is 4. The summed E-state index contributed by atoms with van der Waals surface area (Å²) < 4.78 is 40.8. The lowest BCUT2D eigenvalue weighted by molar-refractivity contribution is 0.127. The van der Waals surface area contributed by atoms with E-state index < -0.39 is 11.6 Å². The van der Waals surface area contributed by atoms with E-state index in [0.29, 0.717) is 67.0 Å². The molecule has 0 spiro atoms. The van der Waals surface area contributed by atoms with Crippen molar-refractivity contribution < 1.29 is 18.3 Å². The molecule has 0 atom stereocenters. The molecular weight excluding hydrogens is 414 g/mol. The van der Waals surface area contributed by atoms with E-state index in [4.69, 9.17) is 21.1 Å². The molecule has 0 radical (unpaired) electrons. The smallest absolute Gasteiger partial charge is 0.181 e. The van der Waals surface area contributed by atoms with Crippen LogP contribution in [0.1, 0.15) is 37.1 Å². The van der Waals surface area contributed by atoms with Crippen LogP contribution in [0.3, 0.4) is 0 Å². The Hall–Kier alpha value is -2.45. The average molecular weight is 437 g/mol. The van der Waals surface area contributed by atoms with Crippen molar-refractivity contribution >= 4 is 22.9 Å².